The van der Waals surface area contributed by atoms with E-state index in [1.165, 1.54) is 24.3 Å². The van der Waals surface area contributed by atoms with Gasteiger partial charge in [-0.05, 0) is 17.7 Å². The van der Waals surface area contributed by atoms with Gasteiger partial charge in [-0.25, -0.2) is 0 Å². The molecule has 1 aromatic carbocycles. The normalized spacial score (nSPS) is 11.8. The summed E-state index contributed by atoms with van der Waals surface area (Å²) in [5.41, 5.74) is 0.271. The van der Waals surface area contributed by atoms with Crippen molar-refractivity contribution in [3.8, 4) is 5.75 Å². The van der Waals surface area contributed by atoms with Crippen LogP contribution in [0.5, 0.6) is 5.75 Å². The molecule has 80 valence electrons. The number of carboxylic acid groups (broad SMARTS) is 1. The number of benzene rings is 1. The van der Waals surface area contributed by atoms with Crippen LogP contribution in [0.3, 0.4) is 0 Å². The van der Waals surface area contributed by atoms with Crippen molar-refractivity contribution in [3.05, 3.63) is 29.8 Å². The Bertz CT molecular complexity index is 368. The van der Waals surface area contributed by atoms with Gasteiger partial charge in [0, 0.05) is 0 Å². The second-order valence-electron chi connectivity index (χ2n) is 2.89. The third-order valence-electron chi connectivity index (χ3n) is 1.91. The minimum atomic E-state index is -1.35. The molecule has 1 unspecified atom stereocenters. The lowest BCUT2D eigenvalue weighted by Gasteiger charge is -2.09. The van der Waals surface area contributed by atoms with Crippen LogP contribution in [-0.2, 0) is 14.3 Å². The number of esters is 1. The molecule has 0 amide bonds. The predicted molar refractivity (Wildman–Crippen MR) is 50.5 cm³/mol. The number of phenols is 1. The Balaban J connectivity index is 3.04. The lowest BCUT2D eigenvalue weighted by Crippen LogP contribution is -2.22. The second-order valence-corrected chi connectivity index (χ2v) is 2.89. The van der Waals surface area contributed by atoms with Crippen LogP contribution in [0.15, 0.2) is 24.3 Å². The largest absolute Gasteiger partial charge is 0.508 e. The molecule has 5 heteroatoms. The van der Waals surface area contributed by atoms with Gasteiger partial charge in [0.1, 0.15) is 5.75 Å². The summed E-state index contributed by atoms with van der Waals surface area (Å²) in [6.07, 6.45) is 0. The number of carbonyl (C=O) groups is 2. The SMILES string of the molecule is COC(=O)C(C(=O)O)c1ccc(O)cc1. The van der Waals surface area contributed by atoms with Gasteiger partial charge in [-0.1, -0.05) is 12.1 Å². The molecule has 0 saturated heterocycles. The molecule has 1 rings (SSSR count). The number of carbonyl (C=O) groups excluding carboxylic acids is 1. The van der Waals surface area contributed by atoms with E-state index in [1.807, 2.05) is 0 Å². The molecule has 0 aromatic heterocycles. The van der Waals surface area contributed by atoms with Gasteiger partial charge >= 0.3 is 11.9 Å². The lowest BCUT2D eigenvalue weighted by atomic mass is 9.99. The van der Waals surface area contributed by atoms with Gasteiger partial charge in [-0.2, -0.15) is 0 Å². The molecule has 1 atom stereocenters. The zero-order valence-electron chi connectivity index (χ0n) is 8.01. The highest BCUT2D eigenvalue weighted by Crippen LogP contribution is 2.20. The highest BCUT2D eigenvalue weighted by molar-refractivity contribution is 5.99. The Labute approximate surface area is 85.9 Å². The molecule has 1 aromatic rings. The Morgan fingerprint density at radius 3 is 2.20 bits per heavy atom. The fraction of sp³-hybridized carbons (Fsp3) is 0.200. The van der Waals surface area contributed by atoms with Crippen LogP contribution in [0, 0.1) is 0 Å². The zero-order valence-corrected chi connectivity index (χ0v) is 8.01. The molecule has 0 aliphatic carbocycles. The molecule has 0 spiro atoms. The van der Waals surface area contributed by atoms with Crippen LogP contribution in [-0.4, -0.2) is 29.3 Å². The van der Waals surface area contributed by atoms with Crippen LogP contribution < -0.4 is 0 Å². The number of aromatic hydroxyl groups is 1. The molecular weight excluding hydrogens is 200 g/mol. The molecule has 0 aliphatic heterocycles. The van der Waals surface area contributed by atoms with E-state index in [-0.39, 0.29) is 11.3 Å². The number of methoxy groups -OCH3 is 1. The Morgan fingerprint density at radius 2 is 1.80 bits per heavy atom. The summed E-state index contributed by atoms with van der Waals surface area (Å²) >= 11 is 0. The van der Waals surface area contributed by atoms with Crippen LogP contribution in [0.1, 0.15) is 11.5 Å². The monoisotopic (exact) mass is 210 g/mol. The van der Waals surface area contributed by atoms with E-state index >= 15 is 0 Å². The summed E-state index contributed by atoms with van der Waals surface area (Å²) in [7, 11) is 1.12. The average Bonchev–Trinajstić information content (AvgIpc) is 2.20. The summed E-state index contributed by atoms with van der Waals surface area (Å²) < 4.78 is 4.38. The maximum atomic E-state index is 11.2. The van der Waals surface area contributed by atoms with Crippen molar-refractivity contribution >= 4 is 11.9 Å². The number of aliphatic carboxylic acids is 1. The molecule has 0 fully saturated rings. The van der Waals surface area contributed by atoms with Crippen molar-refractivity contribution in [3.63, 3.8) is 0 Å². The number of rotatable bonds is 3. The third-order valence-corrected chi connectivity index (χ3v) is 1.91. The minimum absolute atomic E-state index is 0.00718. The van der Waals surface area contributed by atoms with Crippen LogP contribution in [0.2, 0.25) is 0 Å². The van der Waals surface area contributed by atoms with Crippen LogP contribution >= 0.6 is 0 Å². The lowest BCUT2D eigenvalue weighted by molar-refractivity contribution is -0.152. The Hall–Kier alpha value is -2.04. The summed E-state index contributed by atoms with van der Waals surface area (Å²) in [6.45, 7) is 0. The van der Waals surface area contributed by atoms with Crippen molar-refractivity contribution in [2.24, 2.45) is 0 Å². The highest BCUT2D eigenvalue weighted by Gasteiger charge is 2.28. The highest BCUT2D eigenvalue weighted by atomic mass is 16.5. The van der Waals surface area contributed by atoms with Gasteiger partial charge < -0.3 is 14.9 Å². The van der Waals surface area contributed by atoms with Crippen LogP contribution in [0.4, 0.5) is 0 Å². The van der Waals surface area contributed by atoms with E-state index in [9.17, 15) is 9.59 Å². The first-order chi connectivity index (χ1) is 7.06. The third kappa shape index (κ3) is 2.46. The Morgan fingerprint density at radius 1 is 1.27 bits per heavy atom. The van der Waals surface area contributed by atoms with Crippen molar-refractivity contribution in [2.45, 2.75) is 5.92 Å². The van der Waals surface area contributed by atoms with Gasteiger partial charge in [0.05, 0.1) is 7.11 Å². The van der Waals surface area contributed by atoms with E-state index in [4.69, 9.17) is 10.2 Å². The second kappa shape index (κ2) is 4.45. The first-order valence-electron chi connectivity index (χ1n) is 4.16. The average molecular weight is 210 g/mol. The standard InChI is InChI=1S/C10H10O5/c1-15-10(14)8(9(12)13)6-2-4-7(11)5-3-6/h2-5,8,11H,1H3,(H,12,13). The molecule has 0 saturated carbocycles. The smallest absolute Gasteiger partial charge is 0.324 e. The Kier molecular flexibility index (Phi) is 3.28. The molecule has 2 N–H and O–H groups in total. The first-order valence-corrected chi connectivity index (χ1v) is 4.16. The summed E-state index contributed by atoms with van der Waals surface area (Å²) in [6, 6.07) is 5.36. The molecule has 0 radical (unpaired) electrons. The topological polar surface area (TPSA) is 83.8 Å². The van der Waals surface area contributed by atoms with E-state index in [0.717, 1.165) is 7.11 Å². The van der Waals surface area contributed by atoms with Crippen molar-refractivity contribution < 1.29 is 24.5 Å². The minimum Gasteiger partial charge on any atom is -0.508 e. The van der Waals surface area contributed by atoms with E-state index in [0.29, 0.717) is 0 Å². The molecule has 0 bridgehead atoms. The van der Waals surface area contributed by atoms with Gasteiger partial charge in [0.25, 0.3) is 0 Å². The van der Waals surface area contributed by atoms with Crippen molar-refractivity contribution in [2.75, 3.05) is 7.11 Å². The summed E-state index contributed by atoms with van der Waals surface area (Å²) in [5, 5.41) is 17.8. The zero-order chi connectivity index (χ0) is 11.4. The van der Waals surface area contributed by atoms with Gasteiger partial charge in [0.2, 0.25) is 0 Å². The molecular formula is C10H10O5. The molecule has 15 heavy (non-hydrogen) atoms. The summed E-state index contributed by atoms with van der Waals surface area (Å²) in [4.78, 5) is 22.0. The van der Waals surface area contributed by atoms with E-state index in [1.54, 1.807) is 0 Å². The van der Waals surface area contributed by atoms with Gasteiger partial charge in [0.15, 0.2) is 5.92 Å². The molecule has 0 heterocycles. The van der Waals surface area contributed by atoms with Gasteiger partial charge in [-0.15, -0.1) is 0 Å². The van der Waals surface area contributed by atoms with E-state index < -0.39 is 17.9 Å². The molecule has 0 aliphatic rings. The number of carboxylic acids is 1. The van der Waals surface area contributed by atoms with Gasteiger partial charge in [-0.3, -0.25) is 9.59 Å². The van der Waals surface area contributed by atoms with Crippen LogP contribution in [0.25, 0.3) is 0 Å². The summed E-state index contributed by atoms with van der Waals surface area (Å²) in [5.74, 6) is -3.47. The molecule has 5 nitrogen and oxygen atoms in total. The number of hydrogen-bond donors (Lipinski definition) is 2. The predicted octanol–water partition coefficient (Wildman–Crippen LogP) is 0.733. The quantitative estimate of drug-likeness (QED) is 0.567. The maximum Gasteiger partial charge on any atom is 0.324 e. The maximum absolute atomic E-state index is 11.2. The first kappa shape index (κ1) is 11.0. The van der Waals surface area contributed by atoms with Crippen molar-refractivity contribution in [1.82, 2.24) is 0 Å². The fourth-order valence-corrected chi connectivity index (χ4v) is 1.16. The van der Waals surface area contributed by atoms with Crippen molar-refractivity contribution in [1.29, 1.82) is 0 Å². The fourth-order valence-electron chi connectivity index (χ4n) is 1.16. The van der Waals surface area contributed by atoms with E-state index in [2.05, 4.69) is 4.74 Å². The number of hydrogen-bond acceptors (Lipinski definition) is 4. The number of ether oxygens (including phenoxy) is 1. The number of phenolic OH excluding ortho intramolecular Hbond substituents is 1.